The largest absolute Gasteiger partial charge is 0.361 e. The number of benzene rings is 2. The SMILES string of the molecule is Cc1ccc(C(N)C(=O)NCCc2c[nH]c3cccc(C)c23)cc1.Cl. The molecule has 1 unspecified atom stereocenters. The topological polar surface area (TPSA) is 70.9 Å². The zero-order valence-corrected chi connectivity index (χ0v) is 15.3. The molecule has 25 heavy (non-hydrogen) atoms. The molecule has 0 aliphatic carbocycles. The van der Waals surface area contributed by atoms with Gasteiger partial charge in [-0.3, -0.25) is 4.79 Å². The second-order valence-electron chi connectivity index (χ2n) is 6.24. The highest BCUT2D eigenvalue weighted by Gasteiger charge is 2.15. The molecule has 0 spiro atoms. The standard InChI is InChI=1S/C20H23N3O.ClH/c1-13-6-8-15(9-7-13)19(21)20(24)22-11-10-16-12-23-17-5-3-4-14(2)18(16)17;/h3-9,12,19,23H,10-11,21H2,1-2H3,(H,22,24);1H. The molecule has 3 aromatic rings. The summed E-state index contributed by atoms with van der Waals surface area (Å²) >= 11 is 0. The van der Waals surface area contributed by atoms with Crippen molar-refractivity contribution in [2.75, 3.05) is 6.54 Å². The Morgan fingerprint density at radius 1 is 1.16 bits per heavy atom. The second kappa shape index (κ2) is 8.19. The van der Waals surface area contributed by atoms with E-state index in [-0.39, 0.29) is 18.3 Å². The molecule has 0 radical (unpaired) electrons. The van der Waals surface area contributed by atoms with E-state index in [0.29, 0.717) is 6.54 Å². The van der Waals surface area contributed by atoms with E-state index in [1.807, 2.05) is 43.5 Å². The van der Waals surface area contributed by atoms with E-state index in [1.165, 1.54) is 16.5 Å². The van der Waals surface area contributed by atoms with Gasteiger partial charge in [-0.05, 0) is 43.0 Å². The Hall–Kier alpha value is -2.30. The summed E-state index contributed by atoms with van der Waals surface area (Å²) in [5, 5.41) is 4.19. The van der Waals surface area contributed by atoms with Crippen molar-refractivity contribution in [1.29, 1.82) is 0 Å². The maximum atomic E-state index is 12.2. The molecule has 4 N–H and O–H groups in total. The number of rotatable bonds is 5. The van der Waals surface area contributed by atoms with Crippen LogP contribution in [0, 0.1) is 13.8 Å². The molecule has 0 bridgehead atoms. The molecular weight excluding hydrogens is 334 g/mol. The number of nitrogens with one attached hydrogen (secondary N) is 2. The summed E-state index contributed by atoms with van der Waals surface area (Å²) in [6.07, 6.45) is 2.79. The molecule has 0 aliphatic rings. The first-order valence-corrected chi connectivity index (χ1v) is 8.21. The van der Waals surface area contributed by atoms with Crippen LogP contribution in [0.5, 0.6) is 0 Å². The van der Waals surface area contributed by atoms with Crippen LogP contribution in [0.3, 0.4) is 0 Å². The number of hydrogen-bond donors (Lipinski definition) is 3. The number of nitrogens with two attached hydrogens (primary N) is 1. The predicted molar refractivity (Wildman–Crippen MR) is 105 cm³/mol. The zero-order valence-electron chi connectivity index (χ0n) is 14.5. The number of carbonyl (C=O) groups excluding carboxylic acids is 1. The molecule has 1 heterocycles. The van der Waals surface area contributed by atoms with Crippen molar-refractivity contribution in [2.45, 2.75) is 26.3 Å². The molecule has 3 rings (SSSR count). The van der Waals surface area contributed by atoms with Crippen molar-refractivity contribution in [3.8, 4) is 0 Å². The smallest absolute Gasteiger partial charge is 0.241 e. The fourth-order valence-corrected chi connectivity index (χ4v) is 3.00. The molecule has 1 aromatic heterocycles. The van der Waals surface area contributed by atoms with Crippen LogP contribution >= 0.6 is 12.4 Å². The minimum Gasteiger partial charge on any atom is -0.361 e. The van der Waals surface area contributed by atoms with Crippen molar-refractivity contribution >= 4 is 29.2 Å². The number of hydrogen-bond acceptors (Lipinski definition) is 2. The van der Waals surface area contributed by atoms with Gasteiger partial charge in [0, 0.05) is 23.6 Å². The number of aryl methyl sites for hydroxylation is 2. The number of fused-ring (bicyclic) bond motifs is 1. The van der Waals surface area contributed by atoms with Gasteiger partial charge in [0.15, 0.2) is 0 Å². The first-order valence-electron chi connectivity index (χ1n) is 8.21. The average Bonchev–Trinajstić information content (AvgIpc) is 2.99. The van der Waals surface area contributed by atoms with Crippen LogP contribution < -0.4 is 11.1 Å². The molecule has 132 valence electrons. The third-order valence-electron chi connectivity index (χ3n) is 4.41. The number of halogens is 1. The molecule has 0 saturated heterocycles. The number of amides is 1. The van der Waals surface area contributed by atoms with Crippen molar-refractivity contribution in [3.05, 3.63) is 70.9 Å². The van der Waals surface area contributed by atoms with Gasteiger partial charge in [0.05, 0.1) is 0 Å². The maximum Gasteiger partial charge on any atom is 0.241 e. The minimum atomic E-state index is -0.629. The highest BCUT2D eigenvalue weighted by Crippen LogP contribution is 2.22. The van der Waals surface area contributed by atoms with E-state index < -0.39 is 6.04 Å². The van der Waals surface area contributed by atoms with E-state index in [4.69, 9.17) is 5.73 Å². The summed E-state index contributed by atoms with van der Waals surface area (Å²) < 4.78 is 0. The van der Waals surface area contributed by atoms with Crippen molar-refractivity contribution < 1.29 is 4.79 Å². The lowest BCUT2D eigenvalue weighted by atomic mass is 10.0. The lowest BCUT2D eigenvalue weighted by molar-refractivity contribution is -0.122. The molecule has 5 heteroatoms. The third kappa shape index (κ3) is 4.21. The molecular formula is C20H24ClN3O. The van der Waals surface area contributed by atoms with Gasteiger partial charge in [-0.1, -0.05) is 42.0 Å². The molecule has 4 nitrogen and oxygen atoms in total. The summed E-state index contributed by atoms with van der Waals surface area (Å²) in [7, 11) is 0. The van der Waals surface area contributed by atoms with Crippen molar-refractivity contribution in [3.63, 3.8) is 0 Å². The predicted octanol–water partition coefficient (Wildman–Crippen LogP) is 3.57. The average molecular weight is 358 g/mol. The first kappa shape index (κ1) is 19.0. The highest BCUT2D eigenvalue weighted by molar-refractivity contribution is 5.87. The van der Waals surface area contributed by atoms with Crippen LogP contribution in [-0.2, 0) is 11.2 Å². The molecule has 0 saturated carbocycles. The third-order valence-corrected chi connectivity index (χ3v) is 4.41. The van der Waals surface area contributed by atoms with Gasteiger partial charge in [-0.25, -0.2) is 0 Å². The summed E-state index contributed by atoms with van der Waals surface area (Å²) in [5.41, 5.74) is 11.6. The van der Waals surface area contributed by atoms with Crippen LogP contribution in [-0.4, -0.2) is 17.4 Å². The molecule has 0 fully saturated rings. The Labute approximate surface area is 154 Å². The summed E-state index contributed by atoms with van der Waals surface area (Å²) in [6.45, 7) is 4.68. The van der Waals surface area contributed by atoms with Gasteiger partial charge < -0.3 is 16.0 Å². The van der Waals surface area contributed by atoms with Gasteiger partial charge in [-0.2, -0.15) is 0 Å². The Morgan fingerprint density at radius 3 is 2.60 bits per heavy atom. The fourth-order valence-electron chi connectivity index (χ4n) is 3.00. The number of aromatic amines is 1. The van der Waals surface area contributed by atoms with E-state index in [2.05, 4.69) is 29.4 Å². The quantitative estimate of drug-likeness (QED) is 0.653. The molecule has 1 amide bonds. The van der Waals surface area contributed by atoms with E-state index in [1.54, 1.807) is 0 Å². The van der Waals surface area contributed by atoms with Crippen LogP contribution in [0.15, 0.2) is 48.7 Å². The normalized spacial score (nSPS) is 11.8. The number of H-pyrrole nitrogens is 1. The lowest BCUT2D eigenvalue weighted by Gasteiger charge is -2.13. The van der Waals surface area contributed by atoms with Gasteiger partial charge in [0.2, 0.25) is 5.91 Å². The number of aromatic nitrogens is 1. The van der Waals surface area contributed by atoms with Crippen LogP contribution in [0.4, 0.5) is 0 Å². The van der Waals surface area contributed by atoms with E-state index in [9.17, 15) is 4.79 Å². The summed E-state index contributed by atoms with van der Waals surface area (Å²) in [4.78, 5) is 15.5. The lowest BCUT2D eigenvalue weighted by Crippen LogP contribution is -2.35. The van der Waals surface area contributed by atoms with Crippen LogP contribution in [0.2, 0.25) is 0 Å². The van der Waals surface area contributed by atoms with Gasteiger partial charge in [-0.15, -0.1) is 12.4 Å². The summed E-state index contributed by atoms with van der Waals surface area (Å²) in [5.74, 6) is -0.143. The first-order chi connectivity index (χ1) is 11.6. The van der Waals surface area contributed by atoms with Crippen LogP contribution in [0.1, 0.15) is 28.3 Å². The Kier molecular flexibility index (Phi) is 6.23. The fraction of sp³-hybridized carbons (Fsp3) is 0.250. The Bertz CT molecular complexity index is 855. The summed E-state index contributed by atoms with van der Waals surface area (Å²) in [6, 6.07) is 13.3. The molecule has 2 aromatic carbocycles. The highest BCUT2D eigenvalue weighted by atomic mass is 35.5. The zero-order chi connectivity index (χ0) is 17.1. The Morgan fingerprint density at radius 2 is 1.88 bits per heavy atom. The van der Waals surface area contributed by atoms with Gasteiger partial charge in [0.25, 0.3) is 0 Å². The Balaban J connectivity index is 0.00000225. The molecule has 1 atom stereocenters. The van der Waals surface area contributed by atoms with E-state index >= 15 is 0 Å². The van der Waals surface area contributed by atoms with Gasteiger partial charge in [0.1, 0.15) is 6.04 Å². The van der Waals surface area contributed by atoms with Crippen LogP contribution in [0.25, 0.3) is 10.9 Å². The minimum absolute atomic E-state index is 0. The second-order valence-corrected chi connectivity index (χ2v) is 6.24. The maximum absolute atomic E-state index is 12.2. The van der Waals surface area contributed by atoms with Crippen molar-refractivity contribution in [2.24, 2.45) is 5.73 Å². The number of carbonyl (C=O) groups is 1. The van der Waals surface area contributed by atoms with Crippen molar-refractivity contribution in [1.82, 2.24) is 10.3 Å². The van der Waals surface area contributed by atoms with Gasteiger partial charge >= 0.3 is 0 Å². The monoisotopic (exact) mass is 357 g/mol. The van der Waals surface area contributed by atoms with E-state index in [0.717, 1.165) is 23.1 Å². The molecule has 0 aliphatic heterocycles.